The van der Waals surface area contributed by atoms with Crippen molar-refractivity contribution in [3.05, 3.63) is 29.8 Å². The van der Waals surface area contributed by atoms with Gasteiger partial charge in [0.25, 0.3) is 0 Å². The average Bonchev–Trinajstić information content (AvgIpc) is 2.34. The molecule has 0 aromatic heterocycles. The normalized spacial score (nSPS) is 12.8. The Morgan fingerprint density at radius 1 is 1.12 bits per heavy atom. The van der Waals surface area contributed by atoms with Crippen molar-refractivity contribution in [2.24, 2.45) is 5.92 Å². The Morgan fingerprint density at radius 2 is 1.76 bits per heavy atom. The van der Waals surface area contributed by atoms with Gasteiger partial charge < -0.3 is 14.8 Å². The Kier molecular flexibility index (Phi) is 6.01. The molecule has 0 saturated heterocycles. The third kappa shape index (κ3) is 4.75. The summed E-state index contributed by atoms with van der Waals surface area (Å²) < 4.78 is 10.3. The molecule has 0 aliphatic carbocycles. The van der Waals surface area contributed by atoms with Gasteiger partial charge in [0.15, 0.2) is 0 Å². The van der Waals surface area contributed by atoms with E-state index in [4.69, 9.17) is 9.47 Å². The lowest BCUT2D eigenvalue weighted by Crippen LogP contribution is -2.37. The number of benzene rings is 1. The lowest BCUT2D eigenvalue weighted by Gasteiger charge is -2.21. The Bertz CT molecular complexity index is 309. The van der Waals surface area contributed by atoms with Gasteiger partial charge in [-0.05, 0) is 23.6 Å². The summed E-state index contributed by atoms with van der Waals surface area (Å²) >= 11 is 0. The van der Waals surface area contributed by atoms with Gasteiger partial charge in [0.05, 0.1) is 13.7 Å². The molecule has 1 aromatic rings. The van der Waals surface area contributed by atoms with E-state index in [1.807, 2.05) is 12.1 Å². The summed E-state index contributed by atoms with van der Waals surface area (Å²) in [6, 6.07) is 8.52. The molecule has 1 atom stereocenters. The Hall–Kier alpha value is -1.06. The van der Waals surface area contributed by atoms with E-state index in [2.05, 4.69) is 31.3 Å². The van der Waals surface area contributed by atoms with Gasteiger partial charge in [-0.25, -0.2) is 0 Å². The molecule has 96 valence electrons. The molecule has 17 heavy (non-hydrogen) atoms. The fourth-order valence-electron chi connectivity index (χ4n) is 1.66. The van der Waals surface area contributed by atoms with Crippen LogP contribution >= 0.6 is 0 Å². The zero-order chi connectivity index (χ0) is 12.7. The molecule has 3 nitrogen and oxygen atoms in total. The molecule has 0 saturated carbocycles. The lowest BCUT2D eigenvalue weighted by molar-refractivity contribution is 0.146. The van der Waals surface area contributed by atoms with Gasteiger partial charge in [-0.3, -0.25) is 0 Å². The number of ether oxygens (including phenoxy) is 2. The topological polar surface area (TPSA) is 30.5 Å². The third-order valence-corrected chi connectivity index (χ3v) is 2.88. The molecule has 0 amide bonds. The zero-order valence-corrected chi connectivity index (χ0v) is 11.2. The first kappa shape index (κ1) is 14.0. The Labute approximate surface area is 104 Å². The highest BCUT2D eigenvalue weighted by Gasteiger charge is 2.11. The largest absolute Gasteiger partial charge is 0.497 e. The molecule has 3 heteroatoms. The van der Waals surface area contributed by atoms with Gasteiger partial charge in [-0.1, -0.05) is 26.0 Å². The third-order valence-electron chi connectivity index (χ3n) is 2.88. The summed E-state index contributed by atoms with van der Waals surface area (Å²) in [6.45, 7) is 6.00. The Balaban J connectivity index is 2.47. The molecule has 0 radical (unpaired) electrons. The molecule has 1 unspecified atom stereocenters. The molecule has 0 aliphatic rings. The molecule has 1 rings (SSSR count). The highest BCUT2D eigenvalue weighted by Crippen LogP contribution is 2.11. The van der Waals surface area contributed by atoms with Crippen LogP contribution in [0.3, 0.4) is 0 Å². The molecule has 1 aromatic carbocycles. The number of methoxy groups -OCH3 is 2. The quantitative estimate of drug-likeness (QED) is 0.790. The first-order valence-electron chi connectivity index (χ1n) is 6.02. The van der Waals surface area contributed by atoms with Gasteiger partial charge in [0.1, 0.15) is 5.75 Å². The summed E-state index contributed by atoms with van der Waals surface area (Å²) in [4.78, 5) is 0. The predicted molar refractivity (Wildman–Crippen MR) is 70.3 cm³/mol. The maximum atomic E-state index is 5.21. The molecular formula is C14H23NO2. The number of rotatable bonds is 7. The van der Waals surface area contributed by atoms with E-state index in [-0.39, 0.29) is 0 Å². The van der Waals surface area contributed by atoms with Gasteiger partial charge in [0, 0.05) is 19.7 Å². The minimum Gasteiger partial charge on any atom is -0.497 e. The second-order valence-electron chi connectivity index (χ2n) is 4.53. The molecule has 0 bridgehead atoms. The standard InChI is InChI=1S/C14H23NO2/c1-11(2)14(10-16-3)15-9-12-5-7-13(17-4)8-6-12/h5-8,11,14-15H,9-10H2,1-4H3. The van der Waals surface area contributed by atoms with Crippen LogP contribution < -0.4 is 10.1 Å². The summed E-state index contributed by atoms with van der Waals surface area (Å²) in [5.74, 6) is 1.46. The van der Waals surface area contributed by atoms with Crippen LogP contribution in [-0.2, 0) is 11.3 Å². The minimum atomic E-state index is 0.391. The van der Waals surface area contributed by atoms with Crippen LogP contribution in [0.4, 0.5) is 0 Å². The minimum absolute atomic E-state index is 0.391. The zero-order valence-electron chi connectivity index (χ0n) is 11.2. The van der Waals surface area contributed by atoms with Crippen molar-refractivity contribution in [1.29, 1.82) is 0 Å². The summed E-state index contributed by atoms with van der Waals surface area (Å²) in [5.41, 5.74) is 1.26. The summed E-state index contributed by atoms with van der Waals surface area (Å²) in [6.07, 6.45) is 0. The molecular weight excluding hydrogens is 214 g/mol. The van der Waals surface area contributed by atoms with Crippen molar-refractivity contribution in [3.8, 4) is 5.75 Å². The van der Waals surface area contributed by atoms with Crippen LogP contribution in [0.5, 0.6) is 5.75 Å². The maximum Gasteiger partial charge on any atom is 0.118 e. The second-order valence-corrected chi connectivity index (χ2v) is 4.53. The highest BCUT2D eigenvalue weighted by atomic mass is 16.5. The van der Waals surface area contributed by atoms with Crippen LogP contribution in [0.1, 0.15) is 19.4 Å². The van der Waals surface area contributed by atoms with E-state index in [0.717, 1.165) is 18.9 Å². The molecule has 0 heterocycles. The Morgan fingerprint density at radius 3 is 2.24 bits per heavy atom. The smallest absolute Gasteiger partial charge is 0.118 e. The first-order valence-corrected chi connectivity index (χ1v) is 6.02. The molecule has 0 spiro atoms. The summed E-state index contributed by atoms with van der Waals surface area (Å²) in [7, 11) is 3.42. The van der Waals surface area contributed by atoms with Crippen molar-refractivity contribution in [3.63, 3.8) is 0 Å². The van der Waals surface area contributed by atoms with Gasteiger partial charge >= 0.3 is 0 Å². The van der Waals surface area contributed by atoms with Gasteiger partial charge in [0.2, 0.25) is 0 Å². The van der Waals surface area contributed by atoms with Crippen molar-refractivity contribution >= 4 is 0 Å². The van der Waals surface area contributed by atoms with Crippen molar-refractivity contribution in [2.45, 2.75) is 26.4 Å². The van der Waals surface area contributed by atoms with E-state index >= 15 is 0 Å². The van der Waals surface area contributed by atoms with Crippen molar-refractivity contribution in [2.75, 3.05) is 20.8 Å². The monoisotopic (exact) mass is 237 g/mol. The summed E-state index contributed by atoms with van der Waals surface area (Å²) in [5, 5.41) is 3.51. The highest BCUT2D eigenvalue weighted by molar-refractivity contribution is 5.27. The number of hydrogen-bond acceptors (Lipinski definition) is 3. The van der Waals surface area contributed by atoms with Crippen molar-refractivity contribution < 1.29 is 9.47 Å². The van der Waals surface area contributed by atoms with Gasteiger partial charge in [-0.15, -0.1) is 0 Å². The van der Waals surface area contributed by atoms with Crippen LogP contribution in [-0.4, -0.2) is 26.9 Å². The fourth-order valence-corrected chi connectivity index (χ4v) is 1.66. The lowest BCUT2D eigenvalue weighted by atomic mass is 10.0. The van der Waals surface area contributed by atoms with Crippen LogP contribution in [0.2, 0.25) is 0 Å². The average molecular weight is 237 g/mol. The fraction of sp³-hybridized carbons (Fsp3) is 0.571. The van der Waals surface area contributed by atoms with E-state index < -0.39 is 0 Å². The molecule has 0 fully saturated rings. The molecule has 0 aliphatic heterocycles. The number of nitrogens with one attached hydrogen (secondary N) is 1. The molecule has 1 N–H and O–H groups in total. The first-order chi connectivity index (χ1) is 8.17. The maximum absolute atomic E-state index is 5.21. The van der Waals surface area contributed by atoms with Crippen LogP contribution in [0.15, 0.2) is 24.3 Å². The van der Waals surface area contributed by atoms with Crippen molar-refractivity contribution in [1.82, 2.24) is 5.32 Å². The van der Waals surface area contributed by atoms with Crippen LogP contribution in [0.25, 0.3) is 0 Å². The van der Waals surface area contributed by atoms with E-state index in [1.54, 1.807) is 14.2 Å². The van der Waals surface area contributed by atoms with E-state index in [9.17, 15) is 0 Å². The van der Waals surface area contributed by atoms with E-state index in [1.165, 1.54) is 5.56 Å². The SMILES string of the molecule is COCC(NCc1ccc(OC)cc1)C(C)C. The van der Waals surface area contributed by atoms with Gasteiger partial charge in [-0.2, -0.15) is 0 Å². The second kappa shape index (κ2) is 7.30. The predicted octanol–water partition coefficient (Wildman–Crippen LogP) is 2.46. The number of hydrogen-bond donors (Lipinski definition) is 1. The van der Waals surface area contributed by atoms with Crippen LogP contribution in [0, 0.1) is 5.92 Å². The van der Waals surface area contributed by atoms with E-state index in [0.29, 0.717) is 12.0 Å².